The first-order chi connectivity index (χ1) is 10.1. The van der Waals surface area contributed by atoms with Gasteiger partial charge in [-0.25, -0.2) is 0 Å². The number of hydrogen-bond donors (Lipinski definition) is 2. The van der Waals surface area contributed by atoms with Gasteiger partial charge in [0.25, 0.3) is 0 Å². The lowest BCUT2D eigenvalue weighted by molar-refractivity contribution is -0.115. The van der Waals surface area contributed by atoms with Crippen molar-refractivity contribution in [2.24, 2.45) is 5.92 Å². The van der Waals surface area contributed by atoms with Crippen LogP contribution < -0.4 is 10.6 Å². The largest absolute Gasteiger partial charge is 0.325 e. The summed E-state index contributed by atoms with van der Waals surface area (Å²) >= 11 is 5.91. The van der Waals surface area contributed by atoms with Crippen molar-refractivity contribution in [3.63, 3.8) is 0 Å². The van der Waals surface area contributed by atoms with Gasteiger partial charge in [0.1, 0.15) is 0 Å². The van der Waals surface area contributed by atoms with Crippen LogP contribution in [0.2, 0.25) is 5.02 Å². The lowest BCUT2D eigenvalue weighted by Gasteiger charge is -2.23. The first kappa shape index (κ1) is 16.3. The zero-order valence-corrected chi connectivity index (χ0v) is 13.5. The van der Waals surface area contributed by atoms with Gasteiger partial charge in [-0.15, -0.1) is 0 Å². The Kier molecular flexibility index (Phi) is 6.52. The number of amides is 1. The molecule has 0 aliphatic heterocycles. The van der Waals surface area contributed by atoms with Crippen molar-refractivity contribution in [1.82, 2.24) is 5.32 Å². The van der Waals surface area contributed by atoms with Crippen molar-refractivity contribution in [1.29, 1.82) is 0 Å². The van der Waals surface area contributed by atoms with E-state index in [1.54, 1.807) is 12.1 Å². The summed E-state index contributed by atoms with van der Waals surface area (Å²) in [7, 11) is 0. The summed E-state index contributed by atoms with van der Waals surface area (Å²) in [5, 5.41) is 6.87. The quantitative estimate of drug-likeness (QED) is 0.799. The molecule has 0 bridgehead atoms. The molecule has 0 unspecified atom stereocenters. The summed E-state index contributed by atoms with van der Waals surface area (Å²) in [4.78, 5) is 12.0. The third-order valence-electron chi connectivity index (χ3n) is 4.30. The molecule has 1 amide bonds. The molecule has 3 nitrogen and oxygen atoms in total. The molecule has 1 aliphatic rings. The minimum absolute atomic E-state index is 0.0160. The smallest absolute Gasteiger partial charge is 0.238 e. The van der Waals surface area contributed by atoms with Gasteiger partial charge < -0.3 is 10.6 Å². The van der Waals surface area contributed by atoms with Crippen molar-refractivity contribution in [3.05, 3.63) is 29.3 Å². The van der Waals surface area contributed by atoms with Crippen molar-refractivity contribution < 1.29 is 4.79 Å². The summed E-state index contributed by atoms with van der Waals surface area (Å²) in [5.41, 5.74) is 0.747. The van der Waals surface area contributed by atoms with Gasteiger partial charge >= 0.3 is 0 Å². The van der Waals surface area contributed by atoms with Crippen LogP contribution >= 0.6 is 11.6 Å². The van der Waals surface area contributed by atoms with Crippen LogP contribution in [0.15, 0.2) is 24.3 Å². The standard InChI is InChI=1S/C17H25ClN2O/c1-13(14-7-4-2-3-5-8-14)19-12-17(21)20-16-10-6-9-15(18)11-16/h6,9-11,13-14,19H,2-5,7-8,12H2,1H3,(H,20,21)/t13-/m0/s1. The average Bonchev–Trinajstić information content (AvgIpc) is 2.74. The van der Waals surface area contributed by atoms with E-state index in [-0.39, 0.29) is 5.91 Å². The molecule has 1 fully saturated rings. The SMILES string of the molecule is C[C@H](NCC(=O)Nc1cccc(Cl)c1)C1CCCCCC1. The van der Waals surface area contributed by atoms with Crippen LogP contribution in [0.1, 0.15) is 45.4 Å². The van der Waals surface area contributed by atoms with Gasteiger partial charge in [0, 0.05) is 16.8 Å². The molecule has 4 heteroatoms. The normalized spacial score (nSPS) is 18.0. The average molecular weight is 309 g/mol. The van der Waals surface area contributed by atoms with Crippen LogP contribution in [-0.2, 0) is 4.79 Å². The molecule has 1 saturated carbocycles. The molecule has 1 atom stereocenters. The van der Waals surface area contributed by atoms with Crippen LogP contribution in [0, 0.1) is 5.92 Å². The van der Waals surface area contributed by atoms with Crippen LogP contribution in [0.25, 0.3) is 0 Å². The highest BCUT2D eigenvalue weighted by atomic mass is 35.5. The number of anilines is 1. The summed E-state index contributed by atoms with van der Waals surface area (Å²) in [5.74, 6) is 0.684. The minimum Gasteiger partial charge on any atom is -0.325 e. The van der Waals surface area contributed by atoms with Crippen LogP contribution in [0.3, 0.4) is 0 Å². The predicted octanol–water partition coefficient (Wildman–Crippen LogP) is 4.23. The highest BCUT2D eigenvalue weighted by molar-refractivity contribution is 6.30. The summed E-state index contributed by atoms with van der Waals surface area (Å²) in [6.07, 6.45) is 7.93. The van der Waals surface area contributed by atoms with E-state index in [4.69, 9.17) is 11.6 Å². The molecule has 0 spiro atoms. The van der Waals surface area contributed by atoms with Crippen molar-refractivity contribution in [2.45, 2.75) is 51.5 Å². The summed E-state index contributed by atoms with van der Waals surface area (Å²) < 4.78 is 0. The lowest BCUT2D eigenvalue weighted by Crippen LogP contribution is -2.38. The number of hydrogen-bond acceptors (Lipinski definition) is 2. The van der Waals surface area contributed by atoms with E-state index < -0.39 is 0 Å². The lowest BCUT2D eigenvalue weighted by atomic mass is 9.93. The first-order valence-electron chi connectivity index (χ1n) is 7.94. The molecule has 0 heterocycles. The molecule has 1 aliphatic carbocycles. The maximum Gasteiger partial charge on any atom is 0.238 e. The third kappa shape index (κ3) is 5.68. The Labute approximate surface area is 132 Å². The van der Waals surface area contributed by atoms with E-state index in [0.717, 1.165) is 5.69 Å². The predicted molar refractivity (Wildman–Crippen MR) is 88.7 cm³/mol. The molecule has 0 radical (unpaired) electrons. The Hall–Kier alpha value is -1.06. The molecular weight excluding hydrogens is 284 g/mol. The molecule has 0 aromatic heterocycles. The highest BCUT2D eigenvalue weighted by Crippen LogP contribution is 2.25. The van der Waals surface area contributed by atoms with Crippen LogP contribution in [-0.4, -0.2) is 18.5 Å². The van der Waals surface area contributed by atoms with Crippen molar-refractivity contribution in [3.8, 4) is 0 Å². The number of carbonyl (C=O) groups is 1. The third-order valence-corrected chi connectivity index (χ3v) is 4.54. The molecule has 0 saturated heterocycles. The zero-order valence-electron chi connectivity index (χ0n) is 12.7. The number of rotatable bonds is 5. The van der Waals surface area contributed by atoms with Gasteiger partial charge in [0.05, 0.1) is 6.54 Å². The molecular formula is C17H25ClN2O. The van der Waals surface area contributed by atoms with Crippen LogP contribution in [0.4, 0.5) is 5.69 Å². The van der Waals surface area contributed by atoms with E-state index in [1.165, 1.54) is 38.5 Å². The monoisotopic (exact) mass is 308 g/mol. The fraction of sp³-hybridized carbons (Fsp3) is 0.588. The molecule has 2 rings (SSSR count). The van der Waals surface area contributed by atoms with Gasteiger partial charge in [-0.05, 0) is 43.9 Å². The van der Waals surface area contributed by atoms with E-state index in [0.29, 0.717) is 23.5 Å². The Morgan fingerprint density at radius 3 is 2.67 bits per heavy atom. The van der Waals surface area contributed by atoms with Gasteiger partial charge in [0.2, 0.25) is 5.91 Å². The van der Waals surface area contributed by atoms with Gasteiger partial charge in [-0.3, -0.25) is 4.79 Å². The summed E-state index contributed by atoms with van der Waals surface area (Å²) in [6.45, 7) is 2.55. The number of halogens is 1. The first-order valence-corrected chi connectivity index (χ1v) is 8.32. The van der Waals surface area contributed by atoms with E-state index in [2.05, 4.69) is 17.6 Å². The fourth-order valence-electron chi connectivity index (χ4n) is 3.00. The second-order valence-electron chi connectivity index (χ2n) is 5.98. The van der Waals surface area contributed by atoms with Crippen LogP contribution in [0.5, 0.6) is 0 Å². The maximum atomic E-state index is 12.0. The highest BCUT2D eigenvalue weighted by Gasteiger charge is 2.19. The topological polar surface area (TPSA) is 41.1 Å². The summed E-state index contributed by atoms with van der Waals surface area (Å²) in [6, 6.07) is 7.63. The maximum absolute atomic E-state index is 12.0. The fourth-order valence-corrected chi connectivity index (χ4v) is 3.19. The Morgan fingerprint density at radius 2 is 2.00 bits per heavy atom. The van der Waals surface area contributed by atoms with Gasteiger partial charge in [-0.1, -0.05) is 43.4 Å². The van der Waals surface area contributed by atoms with Crippen molar-refractivity contribution in [2.75, 3.05) is 11.9 Å². The zero-order chi connectivity index (χ0) is 15.1. The molecule has 21 heavy (non-hydrogen) atoms. The second-order valence-corrected chi connectivity index (χ2v) is 6.42. The molecule has 1 aromatic rings. The minimum atomic E-state index is -0.0160. The van der Waals surface area contributed by atoms with E-state index >= 15 is 0 Å². The Bertz CT molecular complexity index is 456. The molecule has 1 aromatic carbocycles. The Balaban J connectivity index is 1.75. The number of benzene rings is 1. The Morgan fingerprint density at radius 1 is 1.29 bits per heavy atom. The number of nitrogens with one attached hydrogen (secondary N) is 2. The molecule has 116 valence electrons. The second kappa shape index (κ2) is 8.40. The van der Waals surface area contributed by atoms with E-state index in [1.807, 2.05) is 12.1 Å². The van der Waals surface area contributed by atoms with Gasteiger partial charge in [-0.2, -0.15) is 0 Å². The van der Waals surface area contributed by atoms with Crippen molar-refractivity contribution >= 4 is 23.2 Å². The molecule has 2 N–H and O–H groups in total. The van der Waals surface area contributed by atoms with E-state index in [9.17, 15) is 4.79 Å². The van der Waals surface area contributed by atoms with Gasteiger partial charge in [0.15, 0.2) is 0 Å². The number of carbonyl (C=O) groups excluding carboxylic acids is 1.